The standard InChI is InChI=1S/C17H25N3O3Si/c1-22-17(21)15-14-9-13(12-5-6-12)10-18-16(14)20(19-15)11-23-7-8-24(2,3)4/h9-10,12H,5-8,11H2,1-4H3. The Morgan fingerprint density at radius 1 is 1.38 bits per heavy atom. The molecule has 6 nitrogen and oxygen atoms in total. The number of hydrogen-bond acceptors (Lipinski definition) is 5. The highest BCUT2D eigenvalue weighted by molar-refractivity contribution is 6.76. The second kappa shape index (κ2) is 6.64. The normalized spacial score (nSPS) is 15.0. The van der Waals surface area contributed by atoms with E-state index in [4.69, 9.17) is 9.47 Å². The lowest BCUT2D eigenvalue weighted by Crippen LogP contribution is -2.22. The van der Waals surface area contributed by atoms with Gasteiger partial charge in [0, 0.05) is 20.9 Å². The van der Waals surface area contributed by atoms with Crippen LogP contribution in [0, 0.1) is 0 Å². The molecular weight excluding hydrogens is 322 g/mol. The van der Waals surface area contributed by atoms with Gasteiger partial charge < -0.3 is 9.47 Å². The number of rotatable bonds is 7. The molecule has 0 amide bonds. The Morgan fingerprint density at radius 3 is 2.75 bits per heavy atom. The maximum Gasteiger partial charge on any atom is 0.359 e. The quantitative estimate of drug-likeness (QED) is 0.436. The van der Waals surface area contributed by atoms with E-state index in [-0.39, 0.29) is 0 Å². The molecule has 24 heavy (non-hydrogen) atoms. The molecule has 2 aromatic rings. The first-order valence-electron chi connectivity index (χ1n) is 8.41. The molecule has 1 aliphatic carbocycles. The summed E-state index contributed by atoms with van der Waals surface area (Å²) in [7, 11) is 0.246. The Kier molecular flexibility index (Phi) is 4.73. The molecule has 1 aliphatic rings. The first kappa shape index (κ1) is 17.1. The average molecular weight is 347 g/mol. The summed E-state index contributed by atoms with van der Waals surface area (Å²) in [5.41, 5.74) is 2.16. The van der Waals surface area contributed by atoms with Gasteiger partial charge in [0.25, 0.3) is 0 Å². The maximum atomic E-state index is 12.0. The second-order valence-corrected chi connectivity index (χ2v) is 13.2. The fourth-order valence-electron chi connectivity index (χ4n) is 2.58. The first-order valence-corrected chi connectivity index (χ1v) is 12.1. The summed E-state index contributed by atoms with van der Waals surface area (Å²) < 4.78 is 12.3. The van der Waals surface area contributed by atoms with E-state index in [1.807, 2.05) is 12.3 Å². The molecule has 1 fully saturated rings. The van der Waals surface area contributed by atoms with Crippen LogP contribution in [0.1, 0.15) is 34.8 Å². The zero-order valence-electron chi connectivity index (χ0n) is 14.8. The van der Waals surface area contributed by atoms with Crippen LogP contribution in [-0.2, 0) is 16.2 Å². The minimum Gasteiger partial charge on any atom is -0.464 e. The van der Waals surface area contributed by atoms with E-state index < -0.39 is 14.0 Å². The SMILES string of the molecule is COC(=O)c1nn(COCC[Si](C)(C)C)c2ncc(C3CC3)cc12. The van der Waals surface area contributed by atoms with Gasteiger partial charge in [0.05, 0.1) is 12.5 Å². The van der Waals surface area contributed by atoms with Crippen LogP contribution in [-0.4, -0.2) is 42.5 Å². The lowest BCUT2D eigenvalue weighted by atomic mass is 10.1. The minimum atomic E-state index is -1.13. The van der Waals surface area contributed by atoms with Crippen molar-refractivity contribution in [2.75, 3.05) is 13.7 Å². The predicted molar refractivity (Wildman–Crippen MR) is 94.9 cm³/mol. The summed E-state index contributed by atoms with van der Waals surface area (Å²) in [5, 5.41) is 5.13. The molecule has 0 unspecified atom stereocenters. The number of methoxy groups -OCH3 is 1. The summed E-state index contributed by atoms with van der Waals surface area (Å²) >= 11 is 0. The van der Waals surface area contributed by atoms with E-state index >= 15 is 0 Å². The fourth-order valence-corrected chi connectivity index (χ4v) is 3.34. The number of esters is 1. The molecule has 1 saturated carbocycles. The van der Waals surface area contributed by atoms with Crippen molar-refractivity contribution in [1.29, 1.82) is 0 Å². The smallest absolute Gasteiger partial charge is 0.359 e. The van der Waals surface area contributed by atoms with Gasteiger partial charge in [-0.1, -0.05) is 19.6 Å². The molecule has 0 aromatic carbocycles. The number of hydrogen-bond donors (Lipinski definition) is 0. The van der Waals surface area contributed by atoms with Crippen molar-refractivity contribution < 1.29 is 14.3 Å². The van der Waals surface area contributed by atoms with Gasteiger partial charge in [0.2, 0.25) is 0 Å². The van der Waals surface area contributed by atoms with Crippen molar-refractivity contribution in [1.82, 2.24) is 14.8 Å². The number of ether oxygens (including phenoxy) is 2. The fraction of sp³-hybridized carbons (Fsp3) is 0.588. The van der Waals surface area contributed by atoms with Crippen LogP contribution in [0.25, 0.3) is 11.0 Å². The Hall–Kier alpha value is -1.73. The Bertz CT molecular complexity index is 747. The number of carbonyl (C=O) groups is 1. The van der Waals surface area contributed by atoms with Crippen molar-refractivity contribution in [3.8, 4) is 0 Å². The van der Waals surface area contributed by atoms with Gasteiger partial charge in [0.15, 0.2) is 11.3 Å². The van der Waals surface area contributed by atoms with Crippen LogP contribution in [0.2, 0.25) is 25.7 Å². The molecule has 3 rings (SSSR count). The number of pyridine rings is 1. The zero-order valence-corrected chi connectivity index (χ0v) is 15.8. The van der Waals surface area contributed by atoms with E-state index in [1.54, 1.807) is 4.68 Å². The van der Waals surface area contributed by atoms with Crippen LogP contribution in [0.3, 0.4) is 0 Å². The average Bonchev–Trinajstić information content (AvgIpc) is 3.32. The van der Waals surface area contributed by atoms with E-state index in [0.717, 1.165) is 11.4 Å². The third-order valence-electron chi connectivity index (χ3n) is 4.25. The van der Waals surface area contributed by atoms with Crippen molar-refractivity contribution in [3.63, 3.8) is 0 Å². The molecule has 2 heterocycles. The molecule has 0 saturated heterocycles. The highest BCUT2D eigenvalue weighted by Crippen LogP contribution is 2.40. The van der Waals surface area contributed by atoms with Crippen molar-refractivity contribution in [2.24, 2.45) is 0 Å². The molecule has 0 spiro atoms. The summed E-state index contributed by atoms with van der Waals surface area (Å²) in [6.45, 7) is 7.94. The Morgan fingerprint density at radius 2 is 2.12 bits per heavy atom. The van der Waals surface area contributed by atoms with E-state index in [0.29, 0.717) is 30.6 Å². The van der Waals surface area contributed by atoms with Gasteiger partial charge >= 0.3 is 5.97 Å². The third kappa shape index (κ3) is 3.84. The molecule has 2 aromatic heterocycles. The number of fused-ring (bicyclic) bond motifs is 1. The van der Waals surface area contributed by atoms with Crippen molar-refractivity contribution in [3.05, 3.63) is 23.5 Å². The lowest BCUT2D eigenvalue weighted by molar-refractivity contribution is 0.0585. The van der Waals surface area contributed by atoms with Gasteiger partial charge in [0.1, 0.15) is 6.73 Å². The van der Waals surface area contributed by atoms with E-state index in [2.05, 4.69) is 29.7 Å². The topological polar surface area (TPSA) is 66.2 Å². The third-order valence-corrected chi connectivity index (χ3v) is 5.95. The van der Waals surface area contributed by atoms with Crippen LogP contribution in [0.15, 0.2) is 12.3 Å². The van der Waals surface area contributed by atoms with Crippen molar-refractivity contribution in [2.45, 2.75) is 51.2 Å². The molecule has 0 radical (unpaired) electrons. The predicted octanol–water partition coefficient (Wildman–Crippen LogP) is 3.41. The largest absolute Gasteiger partial charge is 0.464 e. The molecule has 130 valence electrons. The highest BCUT2D eigenvalue weighted by atomic mass is 28.3. The first-order chi connectivity index (χ1) is 11.4. The molecule has 0 aliphatic heterocycles. The van der Waals surface area contributed by atoms with Crippen LogP contribution >= 0.6 is 0 Å². The Labute approximate surface area is 143 Å². The van der Waals surface area contributed by atoms with Crippen LogP contribution < -0.4 is 0 Å². The van der Waals surface area contributed by atoms with Gasteiger partial charge in [-0.2, -0.15) is 5.10 Å². The zero-order chi connectivity index (χ0) is 17.3. The molecule has 0 N–H and O–H groups in total. The number of nitrogens with zero attached hydrogens (tertiary/aromatic N) is 3. The highest BCUT2D eigenvalue weighted by Gasteiger charge is 2.26. The maximum absolute atomic E-state index is 12.0. The van der Waals surface area contributed by atoms with Gasteiger partial charge in [-0.15, -0.1) is 0 Å². The van der Waals surface area contributed by atoms with Gasteiger partial charge in [-0.3, -0.25) is 0 Å². The van der Waals surface area contributed by atoms with Gasteiger partial charge in [-0.05, 0) is 36.4 Å². The number of carbonyl (C=O) groups excluding carboxylic acids is 1. The van der Waals surface area contributed by atoms with Crippen molar-refractivity contribution >= 4 is 25.1 Å². The molecule has 0 bridgehead atoms. The summed E-state index contributed by atoms with van der Waals surface area (Å²) in [6, 6.07) is 3.12. The van der Waals surface area contributed by atoms with Crippen LogP contribution in [0.5, 0.6) is 0 Å². The van der Waals surface area contributed by atoms with Crippen LogP contribution in [0.4, 0.5) is 0 Å². The molecule has 0 atom stereocenters. The minimum absolute atomic E-state index is 0.299. The second-order valence-electron chi connectivity index (χ2n) is 7.60. The molecule has 7 heteroatoms. The Balaban J connectivity index is 1.83. The number of aromatic nitrogens is 3. The summed E-state index contributed by atoms with van der Waals surface area (Å²) in [5.74, 6) is 0.138. The van der Waals surface area contributed by atoms with E-state index in [1.165, 1.54) is 25.5 Å². The lowest BCUT2D eigenvalue weighted by Gasteiger charge is -2.15. The van der Waals surface area contributed by atoms with E-state index in [9.17, 15) is 4.79 Å². The summed E-state index contributed by atoms with van der Waals surface area (Å²) in [6.07, 6.45) is 4.27. The monoisotopic (exact) mass is 347 g/mol. The molecular formula is C17H25N3O3Si. The van der Waals surface area contributed by atoms with Gasteiger partial charge in [-0.25, -0.2) is 14.5 Å². The summed E-state index contributed by atoms with van der Waals surface area (Å²) in [4.78, 5) is 16.6.